The molecule has 130 valence electrons. The van der Waals surface area contributed by atoms with Gasteiger partial charge in [-0.3, -0.25) is 0 Å². The lowest BCUT2D eigenvalue weighted by Gasteiger charge is -2.07. The Balaban J connectivity index is 1.34. The molecule has 2 fully saturated rings. The molecule has 0 bridgehead atoms. The molecule has 2 atom stereocenters. The minimum atomic E-state index is -0.504. The fourth-order valence-corrected chi connectivity index (χ4v) is 1.77. The number of epoxide rings is 2. The molecule has 0 N–H and O–H groups in total. The Bertz CT molecular complexity index is 511. The van der Waals surface area contributed by atoms with Gasteiger partial charge in [-0.15, -0.1) is 0 Å². The number of rotatable bonds is 10. The molecule has 1 aromatic carbocycles. The van der Waals surface area contributed by atoms with E-state index in [1.54, 1.807) is 0 Å². The van der Waals surface area contributed by atoms with E-state index in [0.29, 0.717) is 37.9 Å². The van der Waals surface area contributed by atoms with E-state index in [1.807, 2.05) is 0 Å². The van der Waals surface area contributed by atoms with Gasteiger partial charge < -0.3 is 28.4 Å². The Labute approximate surface area is 138 Å². The van der Waals surface area contributed by atoms with Gasteiger partial charge in [-0.1, -0.05) is 0 Å². The number of carbonyl (C=O) groups is 2. The second-order valence-corrected chi connectivity index (χ2v) is 5.36. The Morgan fingerprint density at radius 1 is 0.833 bits per heavy atom. The maximum atomic E-state index is 11.6. The molecule has 2 aliphatic rings. The first kappa shape index (κ1) is 16.8. The number of carbonyl (C=O) groups excluding carboxylic acids is 2. The van der Waals surface area contributed by atoms with Crippen LogP contribution < -0.4 is 9.47 Å². The van der Waals surface area contributed by atoms with E-state index in [4.69, 9.17) is 28.4 Å². The van der Waals surface area contributed by atoms with Gasteiger partial charge in [0.15, 0.2) is 0 Å². The first-order chi connectivity index (χ1) is 11.7. The highest BCUT2D eigenvalue weighted by molar-refractivity contribution is 5.74. The molecule has 3 rings (SSSR count). The second kappa shape index (κ2) is 8.20. The first-order valence-electron chi connectivity index (χ1n) is 7.59. The van der Waals surface area contributed by atoms with Crippen LogP contribution in [0.1, 0.15) is 0 Å². The van der Waals surface area contributed by atoms with Crippen molar-refractivity contribution in [1.29, 1.82) is 0 Å². The summed E-state index contributed by atoms with van der Waals surface area (Å²) in [7, 11) is 0. The number of benzene rings is 1. The molecule has 2 heterocycles. The van der Waals surface area contributed by atoms with Crippen molar-refractivity contribution in [1.82, 2.24) is 0 Å². The molecule has 2 aliphatic heterocycles. The van der Waals surface area contributed by atoms with Gasteiger partial charge >= 0.3 is 11.9 Å². The minimum absolute atomic E-state index is 0.104. The Kier molecular flexibility index (Phi) is 5.76. The van der Waals surface area contributed by atoms with Crippen LogP contribution in [-0.4, -0.2) is 63.8 Å². The van der Waals surface area contributed by atoms with Gasteiger partial charge in [-0.05, 0) is 24.3 Å². The normalized spacial score (nSPS) is 21.2. The highest BCUT2D eigenvalue weighted by Gasteiger charge is 2.23. The third-order valence-electron chi connectivity index (χ3n) is 3.14. The van der Waals surface area contributed by atoms with Crippen molar-refractivity contribution in [3.63, 3.8) is 0 Å². The zero-order valence-electron chi connectivity index (χ0n) is 13.0. The largest absolute Gasteiger partial charge is 0.425 e. The van der Waals surface area contributed by atoms with Crippen molar-refractivity contribution in [2.45, 2.75) is 12.2 Å². The average Bonchev–Trinajstić information content (AvgIpc) is 3.43. The second-order valence-electron chi connectivity index (χ2n) is 5.36. The zero-order valence-corrected chi connectivity index (χ0v) is 13.0. The summed E-state index contributed by atoms with van der Waals surface area (Å²) in [5, 5.41) is 0. The topological polar surface area (TPSA) is 96.1 Å². The molecule has 0 aromatic heterocycles. The van der Waals surface area contributed by atoms with Gasteiger partial charge in [-0.25, -0.2) is 9.59 Å². The number of esters is 2. The minimum Gasteiger partial charge on any atom is -0.425 e. The summed E-state index contributed by atoms with van der Waals surface area (Å²) < 4.78 is 30.4. The van der Waals surface area contributed by atoms with Crippen molar-refractivity contribution in [3.05, 3.63) is 24.3 Å². The van der Waals surface area contributed by atoms with Gasteiger partial charge in [0.25, 0.3) is 0 Å². The summed E-state index contributed by atoms with van der Waals surface area (Å²) in [6.07, 6.45) is 0.208. The van der Waals surface area contributed by atoms with Crippen molar-refractivity contribution >= 4 is 11.9 Å². The van der Waals surface area contributed by atoms with E-state index < -0.39 is 11.9 Å². The predicted molar refractivity (Wildman–Crippen MR) is 78.8 cm³/mol. The lowest BCUT2D eigenvalue weighted by atomic mass is 10.3. The van der Waals surface area contributed by atoms with Crippen LogP contribution in [0.15, 0.2) is 24.3 Å². The maximum absolute atomic E-state index is 11.6. The molecular formula is C16H18O8. The summed E-state index contributed by atoms with van der Waals surface area (Å²) in [6.45, 7) is 1.85. The van der Waals surface area contributed by atoms with E-state index in [1.165, 1.54) is 24.3 Å². The molecule has 1 aromatic rings. The number of ether oxygens (including phenoxy) is 6. The van der Waals surface area contributed by atoms with E-state index in [0.717, 1.165) is 0 Å². The van der Waals surface area contributed by atoms with Crippen LogP contribution in [0, 0.1) is 0 Å². The molecule has 0 spiro atoms. The van der Waals surface area contributed by atoms with Gasteiger partial charge in [0, 0.05) is 0 Å². The fourth-order valence-electron chi connectivity index (χ4n) is 1.77. The molecule has 8 nitrogen and oxygen atoms in total. The van der Waals surface area contributed by atoms with E-state index in [-0.39, 0.29) is 25.4 Å². The quantitative estimate of drug-likeness (QED) is 0.342. The zero-order chi connectivity index (χ0) is 16.8. The third-order valence-corrected chi connectivity index (χ3v) is 3.14. The molecule has 0 radical (unpaired) electrons. The van der Waals surface area contributed by atoms with Gasteiger partial charge in [-0.2, -0.15) is 0 Å². The molecule has 24 heavy (non-hydrogen) atoms. The summed E-state index contributed by atoms with van der Waals surface area (Å²) in [5.41, 5.74) is 0. The Morgan fingerprint density at radius 2 is 1.21 bits per heavy atom. The number of hydrogen-bond donors (Lipinski definition) is 0. The molecule has 0 amide bonds. The lowest BCUT2D eigenvalue weighted by Crippen LogP contribution is -2.18. The van der Waals surface area contributed by atoms with Crippen molar-refractivity contribution in [2.24, 2.45) is 0 Å². The van der Waals surface area contributed by atoms with Crippen LogP contribution in [0.5, 0.6) is 11.5 Å². The van der Waals surface area contributed by atoms with Crippen LogP contribution in [0.3, 0.4) is 0 Å². The molecule has 0 aliphatic carbocycles. The molecule has 2 unspecified atom stereocenters. The van der Waals surface area contributed by atoms with Gasteiger partial charge in [0.2, 0.25) is 0 Å². The van der Waals surface area contributed by atoms with Crippen LogP contribution in [0.4, 0.5) is 0 Å². The summed E-state index contributed by atoms with van der Waals surface area (Å²) >= 11 is 0. The highest BCUT2D eigenvalue weighted by atomic mass is 16.6. The van der Waals surface area contributed by atoms with Crippen molar-refractivity contribution in [2.75, 3.05) is 39.6 Å². The van der Waals surface area contributed by atoms with E-state index in [2.05, 4.69) is 0 Å². The average molecular weight is 338 g/mol. The van der Waals surface area contributed by atoms with Crippen LogP contribution in [0.2, 0.25) is 0 Å². The Hall–Kier alpha value is -2.00. The highest BCUT2D eigenvalue weighted by Crippen LogP contribution is 2.18. The third kappa shape index (κ3) is 6.25. The maximum Gasteiger partial charge on any atom is 0.337 e. The summed E-state index contributed by atoms with van der Waals surface area (Å²) in [6, 6.07) is 6.12. The van der Waals surface area contributed by atoms with Crippen LogP contribution >= 0.6 is 0 Å². The monoisotopic (exact) mass is 338 g/mol. The van der Waals surface area contributed by atoms with Crippen molar-refractivity contribution in [3.8, 4) is 11.5 Å². The number of hydrogen-bond acceptors (Lipinski definition) is 8. The van der Waals surface area contributed by atoms with E-state index in [9.17, 15) is 9.59 Å². The molecule has 8 heteroatoms. The summed E-state index contributed by atoms with van der Waals surface area (Å²) in [4.78, 5) is 23.1. The summed E-state index contributed by atoms with van der Waals surface area (Å²) in [5.74, 6) is -0.325. The van der Waals surface area contributed by atoms with E-state index >= 15 is 0 Å². The van der Waals surface area contributed by atoms with Gasteiger partial charge in [0.1, 0.15) is 36.9 Å². The predicted octanol–water partition coefficient (Wildman–Crippen LogP) is 0.328. The standard InChI is InChI=1S/C16H18O8/c17-15(9-19-5-13-7-21-13)23-11-1-2-12(4-3-11)24-16(18)10-20-6-14-8-22-14/h1-4,13-14H,5-10H2. The fraction of sp³-hybridized carbons (Fsp3) is 0.500. The smallest absolute Gasteiger partial charge is 0.337 e. The van der Waals surface area contributed by atoms with Crippen LogP contribution in [0.25, 0.3) is 0 Å². The molecular weight excluding hydrogens is 320 g/mol. The SMILES string of the molecule is O=C(COCC1CO1)Oc1ccc(OC(=O)COCC2CO2)cc1. The van der Waals surface area contributed by atoms with Crippen LogP contribution in [-0.2, 0) is 28.5 Å². The molecule has 2 saturated heterocycles. The Morgan fingerprint density at radius 3 is 1.54 bits per heavy atom. The van der Waals surface area contributed by atoms with Gasteiger partial charge in [0.05, 0.1) is 26.4 Å². The van der Waals surface area contributed by atoms with Crippen molar-refractivity contribution < 1.29 is 38.0 Å². The first-order valence-corrected chi connectivity index (χ1v) is 7.59. The lowest BCUT2D eigenvalue weighted by molar-refractivity contribution is -0.140. The molecule has 0 saturated carbocycles.